The van der Waals surface area contributed by atoms with E-state index in [9.17, 15) is 9.90 Å². The van der Waals surface area contributed by atoms with Gasteiger partial charge in [-0.3, -0.25) is 15.0 Å². The van der Waals surface area contributed by atoms with Gasteiger partial charge in [0.25, 0.3) is 0 Å². The molecule has 4 heteroatoms. The molecule has 1 saturated heterocycles. The van der Waals surface area contributed by atoms with Crippen LogP contribution >= 0.6 is 0 Å². The molecular weight excluding hydrogens is 252 g/mol. The summed E-state index contributed by atoms with van der Waals surface area (Å²) < 4.78 is 0. The van der Waals surface area contributed by atoms with Crippen molar-refractivity contribution in [2.45, 2.75) is 50.4 Å². The zero-order valence-electron chi connectivity index (χ0n) is 11.9. The summed E-state index contributed by atoms with van der Waals surface area (Å²) in [4.78, 5) is 14.2. The van der Waals surface area contributed by atoms with Crippen molar-refractivity contribution in [3.8, 4) is 0 Å². The first-order valence-corrected chi connectivity index (χ1v) is 7.39. The summed E-state index contributed by atoms with van der Waals surface area (Å²) in [6, 6.07) is 11.0. The Hall–Kier alpha value is -1.39. The second-order valence-corrected chi connectivity index (χ2v) is 6.18. The largest absolute Gasteiger partial charge is 0.480 e. The normalized spacial score (nSPS) is 30.6. The molecule has 108 valence electrons. The van der Waals surface area contributed by atoms with Crippen molar-refractivity contribution in [3.05, 3.63) is 35.9 Å². The van der Waals surface area contributed by atoms with E-state index in [2.05, 4.69) is 17.1 Å². The minimum absolute atomic E-state index is 0.349. The number of carboxylic acids is 1. The van der Waals surface area contributed by atoms with Gasteiger partial charge >= 0.3 is 5.97 Å². The van der Waals surface area contributed by atoms with Gasteiger partial charge in [0.05, 0.1) is 0 Å². The van der Waals surface area contributed by atoms with Crippen LogP contribution in [-0.2, 0) is 11.3 Å². The Kier molecular flexibility index (Phi) is 3.52. The molecule has 2 unspecified atom stereocenters. The highest BCUT2D eigenvalue weighted by molar-refractivity contribution is 5.80. The van der Waals surface area contributed by atoms with Gasteiger partial charge in [-0.2, -0.15) is 0 Å². The van der Waals surface area contributed by atoms with Crippen LogP contribution in [0, 0.1) is 0 Å². The summed E-state index contributed by atoms with van der Waals surface area (Å²) in [6.07, 6.45) is 3.13. The van der Waals surface area contributed by atoms with Crippen LogP contribution in [0.15, 0.2) is 30.3 Å². The van der Waals surface area contributed by atoms with E-state index >= 15 is 0 Å². The Morgan fingerprint density at radius 1 is 1.40 bits per heavy atom. The average molecular weight is 274 g/mol. The van der Waals surface area contributed by atoms with Crippen molar-refractivity contribution in [1.82, 2.24) is 10.2 Å². The van der Waals surface area contributed by atoms with Crippen LogP contribution in [-0.4, -0.2) is 40.1 Å². The van der Waals surface area contributed by atoms with E-state index in [1.54, 1.807) is 0 Å². The Bertz CT molecular complexity index is 487. The number of likely N-dealkylation sites (tertiary alicyclic amines) is 1. The maximum Gasteiger partial charge on any atom is 0.325 e. The highest BCUT2D eigenvalue weighted by atomic mass is 16.4. The van der Waals surface area contributed by atoms with E-state index < -0.39 is 11.5 Å². The van der Waals surface area contributed by atoms with Crippen molar-refractivity contribution >= 4 is 5.97 Å². The van der Waals surface area contributed by atoms with Gasteiger partial charge in [-0.15, -0.1) is 0 Å². The summed E-state index contributed by atoms with van der Waals surface area (Å²) >= 11 is 0. The van der Waals surface area contributed by atoms with Crippen LogP contribution in [0.5, 0.6) is 0 Å². The molecule has 1 aliphatic heterocycles. The Morgan fingerprint density at radius 2 is 2.10 bits per heavy atom. The van der Waals surface area contributed by atoms with Crippen molar-refractivity contribution in [2.75, 3.05) is 6.54 Å². The molecule has 1 aromatic carbocycles. The molecular formula is C16H22N2O2. The van der Waals surface area contributed by atoms with Crippen molar-refractivity contribution in [2.24, 2.45) is 0 Å². The first kappa shape index (κ1) is 13.6. The number of rotatable bonds is 5. The molecule has 20 heavy (non-hydrogen) atoms. The van der Waals surface area contributed by atoms with E-state index in [0.29, 0.717) is 31.6 Å². The molecule has 0 spiro atoms. The third-order valence-electron chi connectivity index (χ3n) is 4.56. The van der Waals surface area contributed by atoms with E-state index in [1.165, 1.54) is 12.8 Å². The number of hydrogen-bond acceptors (Lipinski definition) is 3. The van der Waals surface area contributed by atoms with Crippen LogP contribution in [0.1, 0.15) is 31.7 Å². The number of carboxylic acid groups (broad SMARTS) is 1. The first-order valence-electron chi connectivity index (χ1n) is 7.39. The number of benzene rings is 1. The number of aliphatic carboxylic acids is 1. The van der Waals surface area contributed by atoms with Gasteiger partial charge in [0.15, 0.2) is 0 Å². The third kappa shape index (κ3) is 2.58. The topological polar surface area (TPSA) is 52.6 Å². The molecule has 0 bridgehead atoms. The Balaban J connectivity index is 1.71. The smallest absolute Gasteiger partial charge is 0.325 e. The molecule has 1 aromatic rings. The molecule has 1 aliphatic carbocycles. The predicted octanol–water partition coefficient (Wildman–Crippen LogP) is 1.86. The standard InChI is InChI=1S/C16H22N2O2/c1-12-9-16(15(19)20,11-18(12)14-7-8-14)17-10-13-5-3-2-4-6-13/h2-6,12,14,17H,7-11H2,1H3,(H,19,20). The average Bonchev–Trinajstić information content (AvgIpc) is 3.22. The zero-order valence-corrected chi connectivity index (χ0v) is 11.9. The van der Waals surface area contributed by atoms with Crippen LogP contribution < -0.4 is 5.32 Å². The fraction of sp³-hybridized carbons (Fsp3) is 0.562. The molecule has 3 rings (SSSR count). The zero-order chi connectivity index (χ0) is 14.2. The van der Waals surface area contributed by atoms with E-state index in [-0.39, 0.29) is 0 Å². The number of nitrogens with zero attached hydrogens (tertiary/aromatic N) is 1. The fourth-order valence-corrected chi connectivity index (χ4v) is 3.27. The Morgan fingerprint density at radius 3 is 2.70 bits per heavy atom. The highest BCUT2D eigenvalue weighted by Gasteiger charge is 2.51. The van der Waals surface area contributed by atoms with Crippen LogP contribution in [0.3, 0.4) is 0 Å². The highest BCUT2D eigenvalue weighted by Crippen LogP contribution is 2.37. The second kappa shape index (κ2) is 5.19. The molecule has 2 aliphatic rings. The monoisotopic (exact) mass is 274 g/mol. The minimum atomic E-state index is -0.794. The van der Waals surface area contributed by atoms with Crippen molar-refractivity contribution in [1.29, 1.82) is 0 Å². The molecule has 2 N–H and O–H groups in total. The maximum absolute atomic E-state index is 11.8. The SMILES string of the molecule is CC1CC(NCc2ccccc2)(C(=O)O)CN1C1CC1. The summed E-state index contributed by atoms with van der Waals surface area (Å²) in [6.45, 7) is 3.38. The lowest BCUT2D eigenvalue weighted by Crippen LogP contribution is -2.53. The summed E-state index contributed by atoms with van der Waals surface area (Å²) in [7, 11) is 0. The lowest BCUT2D eigenvalue weighted by Gasteiger charge is -2.26. The van der Waals surface area contributed by atoms with Crippen LogP contribution in [0.4, 0.5) is 0 Å². The second-order valence-electron chi connectivity index (χ2n) is 6.18. The fourth-order valence-electron chi connectivity index (χ4n) is 3.27. The molecule has 1 saturated carbocycles. The van der Waals surface area contributed by atoms with Crippen molar-refractivity contribution in [3.63, 3.8) is 0 Å². The van der Waals surface area contributed by atoms with E-state index in [0.717, 1.165) is 5.56 Å². The van der Waals surface area contributed by atoms with Gasteiger partial charge in [0.1, 0.15) is 5.54 Å². The van der Waals surface area contributed by atoms with Gasteiger partial charge in [0.2, 0.25) is 0 Å². The molecule has 0 aromatic heterocycles. The third-order valence-corrected chi connectivity index (χ3v) is 4.56. The van der Waals surface area contributed by atoms with E-state index in [1.807, 2.05) is 30.3 Å². The first-order chi connectivity index (χ1) is 9.61. The molecule has 2 atom stereocenters. The van der Waals surface area contributed by atoms with Crippen LogP contribution in [0.25, 0.3) is 0 Å². The summed E-state index contributed by atoms with van der Waals surface area (Å²) in [5.41, 5.74) is 0.336. The lowest BCUT2D eigenvalue weighted by atomic mass is 9.96. The quantitative estimate of drug-likeness (QED) is 0.860. The van der Waals surface area contributed by atoms with Gasteiger partial charge in [-0.05, 0) is 31.7 Å². The van der Waals surface area contributed by atoms with Gasteiger partial charge < -0.3 is 5.11 Å². The number of nitrogens with one attached hydrogen (secondary N) is 1. The van der Waals surface area contributed by atoms with Gasteiger partial charge in [0, 0.05) is 25.2 Å². The number of hydrogen-bond donors (Lipinski definition) is 2. The van der Waals surface area contributed by atoms with Crippen molar-refractivity contribution < 1.29 is 9.90 Å². The number of carbonyl (C=O) groups is 1. The Labute approximate surface area is 119 Å². The predicted molar refractivity (Wildman–Crippen MR) is 77.5 cm³/mol. The minimum Gasteiger partial charge on any atom is -0.480 e. The van der Waals surface area contributed by atoms with E-state index in [4.69, 9.17) is 0 Å². The molecule has 0 radical (unpaired) electrons. The molecule has 2 fully saturated rings. The van der Waals surface area contributed by atoms with Gasteiger partial charge in [-0.1, -0.05) is 30.3 Å². The maximum atomic E-state index is 11.8. The molecule has 4 nitrogen and oxygen atoms in total. The summed E-state index contributed by atoms with van der Waals surface area (Å²) in [5, 5.41) is 13.0. The molecule has 0 amide bonds. The molecule has 1 heterocycles. The lowest BCUT2D eigenvalue weighted by molar-refractivity contribution is -0.144. The van der Waals surface area contributed by atoms with Gasteiger partial charge in [-0.25, -0.2) is 0 Å². The van der Waals surface area contributed by atoms with Crippen LogP contribution in [0.2, 0.25) is 0 Å². The summed E-state index contributed by atoms with van der Waals surface area (Å²) in [5.74, 6) is -0.719.